The topological polar surface area (TPSA) is 44.7 Å². The molecule has 6 heteroatoms. The first-order valence-corrected chi connectivity index (χ1v) is 6.86. The first-order valence-electron chi connectivity index (χ1n) is 5.60. The normalized spacial score (nSPS) is 18.4. The second-order valence-electron chi connectivity index (χ2n) is 3.92. The Morgan fingerprint density at radius 1 is 1.61 bits per heavy atom. The number of halogens is 1. The minimum atomic E-state index is -0.211. The molecule has 0 saturated carbocycles. The zero-order valence-electron chi connectivity index (χ0n) is 10.2. The molecular formula is C12H14ClN3OS. The summed E-state index contributed by atoms with van der Waals surface area (Å²) in [7, 11) is 1.60. The number of thioether (sulfide) groups is 1. The number of rotatable bonds is 1. The van der Waals surface area contributed by atoms with Crippen LogP contribution >= 0.6 is 23.4 Å². The number of anilines is 1. The van der Waals surface area contributed by atoms with E-state index in [1.807, 2.05) is 12.1 Å². The van der Waals surface area contributed by atoms with Crippen LogP contribution in [0.5, 0.6) is 0 Å². The van der Waals surface area contributed by atoms with E-state index in [1.54, 1.807) is 35.8 Å². The van der Waals surface area contributed by atoms with Gasteiger partial charge in [-0.3, -0.25) is 4.99 Å². The number of carbonyl (C=O) groups is 1. The predicted molar refractivity (Wildman–Crippen MR) is 77.7 cm³/mol. The van der Waals surface area contributed by atoms with Crippen LogP contribution in [0, 0.1) is 0 Å². The number of nitrogens with zero attached hydrogens (tertiary/aromatic N) is 2. The maximum Gasteiger partial charge on any atom is 0.327 e. The van der Waals surface area contributed by atoms with Crippen molar-refractivity contribution in [2.75, 3.05) is 18.5 Å². The minimum absolute atomic E-state index is 0.211. The molecule has 0 fully saturated rings. The number of nitrogens with one attached hydrogen (secondary N) is 1. The first-order chi connectivity index (χ1) is 8.61. The zero-order chi connectivity index (χ0) is 13.1. The Morgan fingerprint density at radius 2 is 2.39 bits per heavy atom. The fourth-order valence-corrected chi connectivity index (χ4v) is 2.76. The molecule has 0 saturated heterocycles. The number of amidine groups is 1. The van der Waals surface area contributed by atoms with Crippen LogP contribution in [0.3, 0.4) is 0 Å². The van der Waals surface area contributed by atoms with Gasteiger partial charge in [0.15, 0.2) is 5.17 Å². The average Bonchev–Trinajstić information content (AvgIpc) is 2.76. The van der Waals surface area contributed by atoms with Crippen molar-refractivity contribution in [2.45, 2.75) is 12.2 Å². The molecule has 0 radical (unpaired) electrons. The van der Waals surface area contributed by atoms with E-state index in [9.17, 15) is 4.79 Å². The molecule has 18 heavy (non-hydrogen) atoms. The fraction of sp³-hybridized carbons (Fsp3) is 0.333. The molecule has 2 amide bonds. The summed E-state index contributed by atoms with van der Waals surface area (Å²) in [6.45, 7) is 2.81. The number of urea groups is 1. The Labute approximate surface area is 115 Å². The maximum atomic E-state index is 12.0. The number of amides is 2. The van der Waals surface area contributed by atoms with Gasteiger partial charge in [0.1, 0.15) is 0 Å². The fourth-order valence-electron chi connectivity index (χ4n) is 1.63. The highest BCUT2D eigenvalue weighted by atomic mass is 35.5. The molecule has 2 rings (SSSR count). The molecule has 1 unspecified atom stereocenters. The number of carbonyl (C=O) groups excluding carboxylic acids is 1. The summed E-state index contributed by atoms with van der Waals surface area (Å²) in [5, 5.41) is 4.33. The Morgan fingerprint density at radius 3 is 2.94 bits per heavy atom. The van der Waals surface area contributed by atoms with E-state index >= 15 is 0 Å². The average molecular weight is 284 g/mol. The number of aliphatic imine (C=N–C) groups is 1. The monoisotopic (exact) mass is 283 g/mol. The molecule has 0 aliphatic carbocycles. The third-order valence-electron chi connectivity index (χ3n) is 2.46. The SMILES string of the molecule is CNC(=O)N(C1=NCC(C)S1)c1cccc(Cl)c1. The van der Waals surface area contributed by atoms with Crippen LogP contribution in [-0.4, -0.2) is 30.0 Å². The van der Waals surface area contributed by atoms with Gasteiger partial charge >= 0.3 is 6.03 Å². The number of hydrogen-bond acceptors (Lipinski definition) is 3. The molecule has 1 aromatic rings. The van der Waals surface area contributed by atoms with Crippen molar-refractivity contribution in [3.8, 4) is 0 Å². The quantitative estimate of drug-likeness (QED) is 0.861. The summed E-state index contributed by atoms with van der Waals surface area (Å²) in [6, 6.07) is 6.98. The highest BCUT2D eigenvalue weighted by molar-refractivity contribution is 8.15. The Bertz CT molecular complexity index is 492. The Hall–Kier alpha value is -1.20. The van der Waals surface area contributed by atoms with Gasteiger partial charge in [-0.1, -0.05) is 36.4 Å². The van der Waals surface area contributed by atoms with Gasteiger partial charge in [-0.15, -0.1) is 0 Å². The van der Waals surface area contributed by atoms with E-state index in [4.69, 9.17) is 11.6 Å². The van der Waals surface area contributed by atoms with Crippen LogP contribution in [0.15, 0.2) is 29.3 Å². The smallest absolute Gasteiger partial charge is 0.327 e. The van der Waals surface area contributed by atoms with Gasteiger partial charge in [0.2, 0.25) is 0 Å². The van der Waals surface area contributed by atoms with Crippen LogP contribution in [0.25, 0.3) is 0 Å². The third-order valence-corrected chi connectivity index (χ3v) is 3.77. The lowest BCUT2D eigenvalue weighted by Gasteiger charge is -2.21. The van der Waals surface area contributed by atoms with Crippen molar-refractivity contribution in [1.29, 1.82) is 0 Å². The van der Waals surface area contributed by atoms with Crippen molar-refractivity contribution < 1.29 is 4.79 Å². The van der Waals surface area contributed by atoms with Gasteiger partial charge in [-0.05, 0) is 18.2 Å². The van der Waals surface area contributed by atoms with Gasteiger partial charge < -0.3 is 5.32 Å². The van der Waals surface area contributed by atoms with Gasteiger partial charge in [0, 0.05) is 17.3 Å². The highest BCUT2D eigenvalue weighted by Crippen LogP contribution is 2.28. The van der Waals surface area contributed by atoms with E-state index in [-0.39, 0.29) is 6.03 Å². The van der Waals surface area contributed by atoms with Crippen LogP contribution in [0.2, 0.25) is 5.02 Å². The molecular weight excluding hydrogens is 270 g/mol. The van der Waals surface area contributed by atoms with Crippen molar-refractivity contribution >= 4 is 40.2 Å². The largest absolute Gasteiger partial charge is 0.340 e. The van der Waals surface area contributed by atoms with E-state index in [2.05, 4.69) is 17.2 Å². The first kappa shape index (κ1) is 13.2. The Balaban J connectivity index is 2.34. The maximum absolute atomic E-state index is 12.0. The standard InChI is InChI=1S/C12H14ClN3OS/c1-8-7-15-12(18-8)16(11(17)14-2)10-5-3-4-9(13)6-10/h3-6,8H,7H2,1-2H3,(H,14,17). The van der Waals surface area contributed by atoms with E-state index in [0.717, 1.165) is 12.2 Å². The van der Waals surface area contributed by atoms with E-state index < -0.39 is 0 Å². The second kappa shape index (κ2) is 5.63. The van der Waals surface area contributed by atoms with Gasteiger partial charge in [0.05, 0.1) is 12.2 Å². The summed E-state index contributed by atoms with van der Waals surface area (Å²) >= 11 is 7.56. The second-order valence-corrected chi connectivity index (χ2v) is 5.76. The van der Waals surface area contributed by atoms with Crippen LogP contribution < -0.4 is 10.2 Å². The molecule has 1 aromatic carbocycles. The van der Waals surface area contributed by atoms with Gasteiger partial charge in [-0.2, -0.15) is 0 Å². The van der Waals surface area contributed by atoms with E-state index in [1.165, 1.54) is 0 Å². The number of hydrogen-bond donors (Lipinski definition) is 1. The lowest BCUT2D eigenvalue weighted by molar-refractivity contribution is 0.251. The van der Waals surface area contributed by atoms with Crippen LogP contribution in [0.4, 0.5) is 10.5 Å². The third kappa shape index (κ3) is 2.79. The number of benzene rings is 1. The predicted octanol–water partition coefficient (Wildman–Crippen LogP) is 2.98. The van der Waals surface area contributed by atoms with Crippen molar-refractivity contribution in [3.05, 3.63) is 29.3 Å². The molecule has 0 aromatic heterocycles. The molecule has 1 heterocycles. The molecule has 1 aliphatic rings. The summed E-state index contributed by atoms with van der Waals surface area (Å²) in [4.78, 5) is 17.9. The summed E-state index contributed by atoms with van der Waals surface area (Å²) in [6.07, 6.45) is 0. The van der Waals surface area contributed by atoms with Gasteiger partial charge in [0.25, 0.3) is 0 Å². The summed E-state index contributed by atoms with van der Waals surface area (Å²) in [5.41, 5.74) is 0.724. The van der Waals surface area contributed by atoms with Crippen LogP contribution in [-0.2, 0) is 0 Å². The lowest BCUT2D eigenvalue weighted by atomic mass is 10.3. The molecule has 0 spiro atoms. The van der Waals surface area contributed by atoms with Crippen molar-refractivity contribution in [2.24, 2.45) is 4.99 Å². The molecule has 4 nitrogen and oxygen atoms in total. The Kier molecular flexibility index (Phi) is 4.14. The zero-order valence-corrected chi connectivity index (χ0v) is 11.8. The van der Waals surface area contributed by atoms with Crippen molar-refractivity contribution in [1.82, 2.24) is 5.32 Å². The van der Waals surface area contributed by atoms with Gasteiger partial charge in [-0.25, -0.2) is 9.69 Å². The molecule has 0 bridgehead atoms. The van der Waals surface area contributed by atoms with E-state index in [0.29, 0.717) is 15.4 Å². The van der Waals surface area contributed by atoms with Crippen molar-refractivity contribution in [3.63, 3.8) is 0 Å². The summed E-state index contributed by atoms with van der Waals surface area (Å²) < 4.78 is 0. The molecule has 1 atom stereocenters. The molecule has 96 valence electrons. The summed E-state index contributed by atoms with van der Waals surface area (Å²) in [5.74, 6) is 0. The molecule has 1 N–H and O–H groups in total. The highest BCUT2D eigenvalue weighted by Gasteiger charge is 2.26. The van der Waals surface area contributed by atoms with Crippen LogP contribution in [0.1, 0.15) is 6.92 Å². The molecule has 1 aliphatic heterocycles. The minimum Gasteiger partial charge on any atom is -0.340 e. The lowest BCUT2D eigenvalue weighted by Crippen LogP contribution is -2.41.